The quantitative estimate of drug-likeness (QED) is 0.453. The molecule has 1 aromatic heterocycles. The van der Waals surface area contributed by atoms with Crippen LogP contribution in [0, 0.1) is 0 Å². The molecule has 1 amide bonds. The van der Waals surface area contributed by atoms with E-state index in [0.29, 0.717) is 12.4 Å². The van der Waals surface area contributed by atoms with Gasteiger partial charge in [-0.05, 0) is 37.3 Å². The Bertz CT molecular complexity index is 1150. The van der Waals surface area contributed by atoms with Gasteiger partial charge >= 0.3 is 0 Å². The van der Waals surface area contributed by atoms with Crippen LogP contribution in [0.5, 0.6) is 17.2 Å². The standard InChI is InChI=1S/C19H21N5O6S/c1-4-30-12-5-7-13(8-6-12)31(26,27)24-15-10-17(29-3)16(28-2)9-14(15)18(25)22-19-20-11-21-23-19/h5-11,24H,4H2,1-3H3,(H2,20,21,22,23,25). The first-order chi connectivity index (χ1) is 14.9. The van der Waals surface area contributed by atoms with Gasteiger partial charge in [-0.25, -0.2) is 13.5 Å². The minimum atomic E-state index is -4.03. The summed E-state index contributed by atoms with van der Waals surface area (Å²) < 4.78 is 44.1. The fraction of sp³-hybridized carbons (Fsp3) is 0.211. The molecule has 0 unspecified atom stereocenters. The molecule has 0 bridgehead atoms. The largest absolute Gasteiger partial charge is 0.494 e. The number of H-pyrrole nitrogens is 1. The molecule has 3 rings (SSSR count). The zero-order valence-corrected chi connectivity index (χ0v) is 17.8. The summed E-state index contributed by atoms with van der Waals surface area (Å²) in [5.74, 6) is 0.485. The van der Waals surface area contributed by atoms with Gasteiger partial charge in [0.25, 0.3) is 15.9 Å². The van der Waals surface area contributed by atoms with Crippen molar-refractivity contribution in [3.63, 3.8) is 0 Å². The SMILES string of the molecule is CCOc1ccc(S(=O)(=O)Nc2cc(OC)c(OC)cc2C(=O)Nc2ncn[nH]2)cc1. The van der Waals surface area contributed by atoms with Crippen LogP contribution in [-0.4, -0.2) is 50.3 Å². The molecule has 0 aliphatic carbocycles. The van der Waals surface area contributed by atoms with E-state index < -0.39 is 15.9 Å². The van der Waals surface area contributed by atoms with Crippen LogP contribution < -0.4 is 24.2 Å². The minimum Gasteiger partial charge on any atom is -0.494 e. The van der Waals surface area contributed by atoms with Crippen LogP contribution in [0.1, 0.15) is 17.3 Å². The monoisotopic (exact) mass is 447 g/mol. The van der Waals surface area contributed by atoms with Gasteiger partial charge in [0, 0.05) is 6.07 Å². The lowest BCUT2D eigenvalue weighted by Gasteiger charge is -2.16. The molecule has 0 aliphatic rings. The third kappa shape index (κ3) is 5.04. The molecular weight excluding hydrogens is 426 g/mol. The molecule has 0 fully saturated rings. The van der Waals surface area contributed by atoms with Crippen LogP contribution in [-0.2, 0) is 10.0 Å². The van der Waals surface area contributed by atoms with E-state index in [1.165, 1.54) is 44.8 Å². The summed E-state index contributed by atoms with van der Waals surface area (Å²) in [5, 5.41) is 8.65. The van der Waals surface area contributed by atoms with Gasteiger partial charge in [0.05, 0.1) is 37.0 Å². The number of rotatable bonds is 9. The highest BCUT2D eigenvalue weighted by molar-refractivity contribution is 7.92. The number of hydrogen-bond acceptors (Lipinski definition) is 8. The molecule has 2 aromatic carbocycles. The van der Waals surface area contributed by atoms with E-state index in [9.17, 15) is 13.2 Å². The van der Waals surface area contributed by atoms with Gasteiger partial charge in [-0.1, -0.05) is 0 Å². The number of nitrogens with one attached hydrogen (secondary N) is 3. The van der Waals surface area contributed by atoms with Crippen LogP contribution in [0.3, 0.4) is 0 Å². The highest BCUT2D eigenvalue weighted by Crippen LogP contribution is 2.35. The molecule has 12 heteroatoms. The Hall–Kier alpha value is -3.80. The molecule has 1 heterocycles. The second-order valence-electron chi connectivity index (χ2n) is 6.05. The van der Waals surface area contributed by atoms with Crippen molar-refractivity contribution in [3.8, 4) is 17.2 Å². The second-order valence-corrected chi connectivity index (χ2v) is 7.73. The summed E-state index contributed by atoms with van der Waals surface area (Å²) in [4.78, 5) is 16.6. The lowest BCUT2D eigenvalue weighted by molar-refractivity contribution is 0.102. The predicted octanol–water partition coefficient (Wildman–Crippen LogP) is 2.27. The highest BCUT2D eigenvalue weighted by atomic mass is 32.2. The Morgan fingerprint density at radius 1 is 1.10 bits per heavy atom. The Morgan fingerprint density at radius 3 is 2.35 bits per heavy atom. The van der Waals surface area contributed by atoms with Gasteiger partial charge in [-0.15, -0.1) is 0 Å². The molecule has 0 saturated carbocycles. The fourth-order valence-electron chi connectivity index (χ4n) is 2.68. The third-order valence-electron chi connectivity index (χ3n) is 4.10. The van der Waals surface area contributed by atoms with Gasteiger partial charge in [0.2, 0.25) is 5.95 Å². The normalized spacial score (nSPS) is 10.9. The number of aromatic amines is 1. The number of nitrogens with zero attached hydrogens (tertiary/aromatic N) is 2. The van der Waals surface area contributed by atoms with Crippen LogP contribution in [0.25, 0.3) is 0 Å². The molecule has 0 spiro atoms. The maximum Gasteiger partial charge on any atom is 0.261 e. The van der Waals surface area contributed by atoms with Crippen molar-refractivity contribution in [1.82, 2.24) is 15.2 Å². The lowest BCUT2D eigenvalue weighted by Crippen LogP contribution is -2.19. The molecule has 0 saturated heterocycles. The number of hydrogen-bond donors (Lipinski definition) is 3. The second kappa shape index (κ2) is 9.34. The smallest absolute Gasteiger partial charge is 0.261 e. The number of anilines is 2. The van der Waals surface area contributed by atoms with E-state index in [2.05, 4.69) is 25.2 Å². The van der Waals surface area contributed by atoms with Gasteiger partial charge in [0.15, 0.2) is 11.5 Å². The lowest BCUT2D eigenvalue weighted by atomic mass is 10.1. The number of ether oxygens (including phenoxy) is 3. The molecule has 0 radical (unpaired) electrons. The van der Waals surface area contributed by atoms with E-state index in [4.69, 9.17) is 14.2 Å². The van der Waals surface area contributed by atoms with Crippen LogP contribution in [0.2, 0.25) is 0 Å². The fourth-order valence-corrected chi connectivity index (χ4v) is 3.75. The summed E-state index contributed by atoms with van der Waals surface area (Å²) >= 11 is 0. The summed E-state index contributed by atoms with van der Waals surface area (Å²) in [6.07, 6.45) is 1.22. The molecule has 11 nitrogen and oxygen atoms in total. The van der Waals surface area contributed by atoms with Crippen molar-refractivity contribution in [3.05, 3.63) is 48.3 Å². The van der Waals surface area contributed by atoms with E-state index in [1.54, 1.807) is 12.1 Å². The Labute approximate surface area is 178 Å². The molecule has 0 atom stereocenters. The first kappa shape index (κ1) is 21.9. The molecule has 31 heavy (non-hydrogen) atoms. The summed E-state index contributed by atoms with van der Waals surface area (Å²) in [6, 6.07) is 8.62. The summed E-state index contributed by atoms with van der Waals surface area (Å²) in [6.45, 7) is 2.29. The Morgan fingerprint density at radius 2 is 1.77 bits per heavy atom. The molecule has 0 aliphatic heterocycles. The van der Waals surface area contributed by atoms with Crippen LogP contribution in [0.15, 0.2) is 47.6 Å². The molecule has 164 valence electrons. The zero-order valence-electron chi connectivity index (χ0n) is 17.0. The molecule has 3 N–H and O–H groups in total. The average molecular weight is 447 g/mol. The Kier molecular flexibility index (Phi) is 6.60. The van der Waals surface area contributed by atoms with Crippen molar-refractivity contribution in [2.45, 2.75) is 11.8 Å². The van der Waals surface area contributed by atoms with Crippen molar-refractivity contribution in [1.29, 1.82) is 0 Å². The van der Waals surface area contributed by atoms with Gasteiger partial charge < -0.3 is 14.2 Å². The third-order valence-corrected chi connectivity index (χ3v) is 5.49. The van der Waals surface area contributed by atoms with E-state index >= 15 is 0 Å². The molecular formula is C19H21N5O6S. The van der Waals surface area contributed by atoms with Crippen LogP contribution in [0.4, 0.5) is 11.6 Å². The maximum absolute atomic E-state index is 12.9. The van der Waals surface area contributed by atoms with Gasteiger partial charge in [0.1, 0.15) is 12.1 Å². The van der Waals surface area contributed by atoms with Gasteiger partial charge in [-0.3, -0.25) is 14.8 Å². The zero-order chi connectivity index (χ0) is 22.4. The maximum atomic E-state index is 12.9. The van der Waals surface area contributed by atoms with E-state index in [0.717, 1.165) is 0 Å². The first-order valence-electron chi connectivity index (χ1n) is 9.06. The number of sulfonamides is 1. The number of amides is 1. The topological polar surface area (TPSA) is 145 Å². The van der Waals surface area contributed by atoms with E-state index in [-0.39, 0.29) is 33.6 Å². The van der Waals surface area contributed by atoms with Crippen LogP contribution >= 0.6 is 0 Å². The van der Waals surface area contributed by atoms with Crippen molar-refractivity contribution >= 4 is 27.6 Å². The number of carbonyl (C=O) groups excluding carboxylic acids is 1. The van der Waals surface area contributed by atoms with E-state index in [1.807, 2.05) is 6.92 Å². The highest BCUT2D eigenvalue weighted by Gasteiger charge is 2.23. The number of benzene rings is 2. The summed E-state index contributed by atoms with van der Waals surface area (Å²) in [7, 11) is -1.22. The van der Waals surface area contributed by atoms with Crippen molar-refractivity contribution in [2.24, 2.45) is 0 Å². The van der Waals surface area contributed by atoms with Crippen molar-refractivity contribution < 1.29 is 27.4 Å². The van der Waals surface area contributed by atoms with Gasteiger partial charge in [-0.2, -0.15) is 10.1 Å². The average Bonchev–Trinajstić information content (AvgIpc) is 3.26. The van der Waals surface area contributed by atoms with Crippen molar-refractivity contribution in [2.75, 3.05) is 30.9 Å². The summed E-state index contributed by atoms with van der Waals surface area (Å²) in [5.41, 5.74) is -0.0212. The number of carbonyl (C=O) groups is 1. The predicted molar refractivity (Wildman–Crippen MR) is 112 cm³/mol. The Balaban J connectivity index is 1.98. The number of methoxy groups -OCH3 is 2. The molecule has 3 aromatic rings. The minimum absolute atomic E-state index is 0.00710. The first-order valence-corrected chi connectivity index (χ1v) is 10.5. The number of aromatic nitrogens is 3.